The van der Waals surface area contributed by atoms with E-state index in [-0.39, 0.29) is 0 Å². The molecule has 0 amide bonds. The maximum absolute atomic E-state index is 13.7. The minimum absolute atomic E-state index is 0.390. The van der Waals surface area contributed by atoms with Crippen molar-refractivity contribution in [3.05, 3.63) is 35.4 Å². The number of hydrogen-bond acceptors (Lipinski definition) is 2. The van der Waals surface area contributed by atoms with E-state index in [9.17, 15) is 8.78 Å². The van der Waals surface area contributed by atoms with Crippen molar-refractivity contribution in [2.75, 3.05) is 13.6 Å². The number of nitrogens with two attached hydrogens (primary N) is 1. The number of halogens is 2. The maximum atomic E-state index is 13.7. The van der Waals surface area contributed by atoms with Crippen LogP contribution in [0.5, 0.6) is 0 Å². The van der Waals surface area contributed by atoms with Crippen molar-refractivity contribution in [3.63, 3.8) is 0 Å². The fourth-order valence-electron chi connectivity index (χ4n) is 3.30. The van der Waals surface area contributed by atoms with Gasteiger partial charge in [0.1, 0.15) is 11.6 Å². The van der Waals surface area contributed by atoms with Crippen LogP contribution in [-0.2, 0) is 0 Å². The third-order valence-corrected chi connectivity index (χ3v) is 4.48. The van der Waals surface area contributed by atoms with Gasteiger partial charge in [-0.2, -0.15) is 0 Å². The Morgan fingerprint density at radius 2 is 2.00 bits per heavy atom. The average molecular weight is 282 g/mol. The highest BCUT2D eigenvalue weighted by Crippen LogP contribution is 2.28. The zero-order chi connectivity index (χ0) is 14.7. The summed E-state index contributed by atoms with van der Waals surface area (Å²) in [4.78, 5) is 2.23. The Labute approximate surface area is 120 Å². The van der Waals surface area contributed by atoms with Gasteiger partial charge in [-0.1, -0.05) is 25.8 Å². The molecule has 112 valence electrons. The Bertz CT molecular complexity index is 450. The van der Waals surface area contributed by atoms with Crippen LogP contribution in [0.1, 0.15) is 44.2 Å². The second-order valence-electron chi connectivity index (χ2n) is 6.04. The van der Waals surface area contributed by atoms with Gasteiger partial charge >= 0.3 is 0 Å². The molecule has 2 rings (SSSR count). The second kappa shape index (κ2) is 6.64. The standard InChI is InChI=1S/C16H24F2N2/c1-11-5-3-4-6-16(11)20(2)10-15(19)13-8-7-12(17)9-14(13)18/h7-9,11,15-16H,3-6,10,19H2,1-2H3. The third kappa shape index (κ3) is 3.55. The Morgan fingerprint density at radius 3 is 2.65 bits per heavy atom. The predicted molar refractivity (Wildman–Crippen MR) is 77.3 cm³/mol. The summed E-state index contributed by atoms with van der Waals surface area (Å²) in [5.74, 6) is -0.464. The second-order valence-corrected chi connectivity index (χ2v) is 6.04. The van der Waals surface area contributed by atoms with Crippen LogP contribution in [0.15, 0.2) is 18.2 Å². The van der Waals surface area contributed by atoms with Crippen molar-refractivity contribution in [2.45, 2.75) is 44.7 Å². The normalized spacial score (nSPS) is 24.9. The number of nitrogens with zero attached hydrogens (tertiary/aromatic N) is 1. The van der Waals surface area contributed by atoms with Crippen molar-refractivity contribution in [3.8, 4) is 0 Å². The predicted octanol–water partition coefficient (Wildman–Crippen LogP) is 3.48. The van der Waals surface area contributed by atoms with Crippen molar-refractivity contribution < 1.29 is 8.78 Å². The molecule has 1 fully saturated rings. The summed E-state index contributed by atoms with van der Waals surface area (Å²) in [7, 11) is 2.05. The fraction of sp³-hybridized carbons (Fsp3) is 0.625. The highest BCUT2D eigenvalue weighted by molar-refractivity contribution is 5.22. The number of likely N-dealkylation sites (N-methyl/N-ethyl adjacent to an activating group) is 1. The van der Waals surface area contributed by atoms with Crippen molar-refractivity contribution in [1.29, 1.82) is 0 Å². The Kier molecular flexibility index (Phi) is 5.11. The highest BCUT2D eigenvalue weighted by Gasteiger charge is 2.26. The smallest absolute Gasteiger partial charge is 0.130 e. The molecule has 0 saturated heterocycles. The van der Waals surface area contributed by atoms with Crippen LogP contribution in [-0.4, -0.2) is 24.5 Å². The van der Waals surface area contributed by atoms with Gasteiger partial charge in [0.2, 0.25) is 0 Å². The molecule has 3 atom stereocenters. The lowest BCUT2D eigenvalue weighted by molar-refractivity contribution is 0.132. The zero-order valence-corrected chi connectivity index (χ0v) is 12.3. The van der Waals surface area contributed by atoms with E-state index in [2.05, 4.69) is 11.8 Å². The van der Waals surface area contributed by atoms with E-state index in [4.69, 9.17) is 5.73 Å². The van der Waals surface area contributed by atoms with E-state index < -0.39 is 17.7 Å². The molecule has 20 heavy (non-hydrogen) atoms. The molecule has 3 unspecified atom stereocenters. The Hall–Kier alpha value is -1.00. The molecule has 2 nitrogen and oxygen atoms in total. The summed E-state index contributed by atoms with van der Waals surface area (Å²) < 4.78 is 26.7. The van der Waals surface area contributed by atoms with Crippen LogP contribution >= 0.6 is 0 Å². The molecular weight excluding hydrogens is 258 g/mol. The van der Waals surface area contributed by atoms with Crippen LogP contribution in [0.3, 0.4) is 0 Å². The van der Waals surface area contributed by atoms with Gasteiger partial charge in [-0.3, -0.25) is 0 Å². The molecule has 0 spiro atoms. The molecule has 0 radical (unpaired) electrons. The first-order chi connectivity index (χ1) is 9.49. The van der Waals surface area contributed by atoms with E-state index in [1.165, 1.54) is 37.8 Å². The van der Waals surface area contributed by atoms with Gasteiger partial charge in [0.05, 0.1) is 0 Å². The molecule has 0 aliphatic heterocycles. The molecule has 2 N–H and O–H groups in total. The van der Waals surface area contributed by atoms with Crippen LogP contribution in [0.4, 0.5) is 8.78 Å². The number of rotatable bonds is 4. The summed E-state index contributed by atoms with van der Waals surface area (Å²) >= 11 is 0. The van der Waals surface area contributed by atoms with Gasteiger partial charge in [0.15, 0.2) is 0 Å². The molecule has 4 heteroatoms. The molecule has 1 aliphatic carbocycles. The van der Waals surface area contributed by atoms with Gasteiger partial charge in [0.25, 0.3) is 0 Å². The fourth-order valence-corrected chi connectivity index (χ4v) is 3.30. The molecule has 0 heterocycles. The summed E-state index contributed by atoms with van der Waals surface area (Å²) in [5.41, 5.74) is 6.49. The first-order valence-electron chi connectivity index (χ1n) is 7.40. The third-order valence-electron chi connectivity index (χ3n) is 4.48. The first-order valence-corrected chi connectivity index (χ1v) is 7.40. The minimum atomic E-state index is -0.562. The minimum Gasteiger partial charge on any atom is -0.323 e. The summed E-state index contributed by atoms with van der Waals surface area (Å²) in [5, 5.41) is 0. The van der Waals surface area contributed by atoms with Crippen LogP contribution in [0.25, 0.3) is 0 Å². The first kappa shape index (κ1) is 15.4. The SMILES string of the molecule is CC1CCCCC1N(C)CC(N)c1ccc(F)cc1F. The topological polar surface area (TPSA) is 29.3 Å². The van der Waals surface area contributed by atoms with E-state index in [1.807, 2.05) is 7.05 Å². The van der Waals surface area contributed by atoms with Gasteiger partial charge in [-0.15, -0.1) is 0 Å². The van der Waals surface area contributed by atoms with E-state index in [0.29, 0.717) is 24.1 Å². The van der Waals surface area contributed by atoms with Gasteiger partial charge in [-0.05, 0) is 31.9 Å². The lowest BCUT2D eigenvalue weighted by Crippen LogP contribution is -2.42. The van der Waals surface area contributed by atoms with E-state index in [1.54, 1.807) is 0 Å². The molecule has 0 aromatic heterocycles. The van der Waals surface area contributed by atoms with Crippen LogP contribution in [0, 0.1) is 17.6 Å². The van der Waals surface area contributed by atoms with Gasteiger partial charge in [0, 0.05) is 30.3 Å². The van der Waals surface area contributed by atoms with Crippen LogP contribution in [0.2, 0.25) is 0 Å². The largest absolute Gasteiger partial charge is 0.323 e. The van der Waals surface area contributed by atoms with Crippen molar-refractivity contribution in [1.82, 2.24) is 4.90 Å². The lowest BCUT2D eigenvalue weighted by Gasteiger charge is -2.37. The highest BCUT2D eigenvalue weighted by atomic mass is 19.1. The monoisotopic (exact) mass is 282 g/mol. The van der Waals surface area contributed by atoms with E-state index >= 15 is 0 Å². The molecule has 1 aromatic rings. The Morgan fingerprint density at radius 1 is 1.30 bits per heavy atom. The van der Waals surface area contributed by atoms with Crippen molar-refractivity contribution in [2.24, 2.45) is 11.7 Å². The number of hydrogen-bond donors (Lipinski definition) is 1. The lowest BCUT2D eigenvalue weighted by atomic mass is 9.85. The van der Waals surface area contributed by atoms with Gasteiger partial charge < -0.3 is 10.6 Å². The molecule has 1 aliphatic rings. The summed E-state index contributed by atoms with van der Waals surface area (Å²) in [6.45, 7) is 2.86. The number of benzene rings is 1. The van der Waals surface area contributed by atoms with E-state index in [0.717, 1.165) is 6.07 Å². The molecule has 1 saturated carbocycles. The average Bonchev–Trinajstić information content (AvgIpc) is 2.38. The molecule has 0 bridgehead atoms. The van der Waals surface area contributed by atoms with Crippen LogP contribution < -0.4 is 5.73 Å². The quantitative estimate of drug-likeness (QED) is 0.916. The van der Waals surface area contributed by atoms with Crippen molar-refractivity contribution >= 4 is 0 Å². The zero-order valence-electron chi connectivity index (χ0n) is 12.3. The maximum Gasteiger partial charge on any atom is 0.130 e. The summed E-state index contributed by atoms with van der Waals surface area (Å²) in [6, 6.07) is 3.71. The Balaban J connectivity index is 2.01. The van der Waals surface area contributed by atoms with Gasteiger partial charge in [-0.25, -0.2) is 8.78 Å². The molecular formula is C16H24F2N2. The summed E-state index contributed by atoms with van der Waals surface area (Å²) in [6.07, 6.45) is 4.97. The molecule has 1 aromatic carbocycles.